The van der Waals surface area contributed by atoms with E-state index in [0.717, 1.165) is 6.08 Å². The molecule has 114 valence electrons. The number of benzene rings is 1. The molecule has 0 saturated carbocycles. The minimum absolute atomic E-state index is 0.167. The smallest absolute Gasteiger partial charge is 0.402 e. The highest BCUT2D eigenvalue weighted by Gasteiger charge is 2.46. The molecular weight excluding hydrogens is 285 g/mol. The van der Waals surface area contributed by atoms with Gasteiger partial charge in [0.1, 0.15) is 0 Å². The van der Waals surface area contributed by atoms with E-state index in [0.29, 0.717) is 5.56 Å². The van der Waals surface area contributed by atoms with Crippen LogP contribution in [0.2, 0.25) is 0 Å². The summed E-state index contributed by atoms with van der Waals surface area (Å²) in [6.07, 6.45) is -3.32. The summed E-state index contributed by atoms with van der Waals surface area (Å²) in [7, 11) is 0. The number of alkyl halides is 3. The summed E-state index contributed by atoms with van der Waals surface area (Å²) in [6.45, 7) is 1.24. The zero-order valence-electron chi connectivity index (χ0n) is 11.4. The van der Waals surface area contributed by atoms with Crippen LogP contribution >= 0.6 is 0 Å². The summed E-state index contributed by atoms with van der Waals surface area (Å²) in [4.78, 5) is 22.9. The molecule has 0 aliphatic heterocycles. The van der Waals surface area contributed by atoms with Crippen LogP contribution < -0.4 is 0 Å². The van der Waals surface area contributed by atoms with Gasteiger partial charge in [-0.2, -0.15) is 13.2 Å². The van der Waals surface area contributed by atoms with Crippen LogP contribution in [0.1, 0.15) is 18.9 Å². The van der Waals surface area contributed by atoms with Gasteiger partial charge in [-0.05, 0) is 18.6 Å². The number of allylic oxidation sites excluding steroid dienone is 1. The topological polar surface area (TPSA) is 43.4 Å². The van der Waals surface area contributed by atoms with Crippen molar-refractivity contribution in [3.05, 3.63) is 42.0 Å². The molecule has 21 heavy (non-hydrogen) atoms. The fraction of sp³-hybridized carbons (Fsp3) is 0.333. The second kappa shape index (κ2) is 7.61. The van der Waals surface area contributed by atoms with Crippen LogP contribution in [0.5, 0.6) is 0 Å². The van der Waals surface area contributed by atoms with Gasteiger partial charge in [-0.25, -0.2) is 0 Å². The number of ketones is 1. The first-order valence-electron chi connectivity index (χ1n) is 6.34. The molecule has 1 aromatic carbocycles. The molecule has 1 atom stereocenters. The molecular formula is C15H15F3O3. The Morgan fingerprint density at radius 2 is 1.86 bits per heavy atom. The highest BCUT2D eigenvalue weighted by Crippen LogP contribution is 2.30. The molecule has 0 fully saturated rings. The van der Waals surface area contributed by atoms with Crippen molar-refractivity contribution in [3.8, 4) is 0 Å². The van der Waals surface area contributed by atoms with E-state index in [1.165, 1.54) is 13.0 Å². The molecule has 1 aromatic rings. The number of ether oxygens (including phenoxy) is 1. The summed E-state index contributed by atoms with van der Waals surface area (Å²) in [5, 5.41) is 0. The fourth-order valence-electron chi connectivity index (χ4n) is 1.60. The third-order valence-electron chi connectivity index (χ3n) is 2.63. The highest BCUT2D eigenvalue weighted by molar-refractivity contribution is 5.96. The van der Waals surface area contributed by atoms with Gasteiger partial charge >= 0.3 is 12.1 Å². The molecule has 0 N–H and O–H groups in total. The number of carbonyl (C=O) groups is 2. The van der Waals surface area contributed by atoms with E-state index in [-0.39, 0.29) is 6.61 Å². The summed E-state index contributed by atoms with van der Waals surface area (Å²) in [5.74, 6) is -4.63. The first kappa shape index (κ1) is 16.9. The van der Waals surface area contributed by atoms with E-state index in [2.05, 4.69) is 4.74 Å². The number of hydrogen-bond donors (Lipinski definition) is 0. The Morgan fingerprint density at radius 3 is 2.38 bits per heavy atom. The maximum Gasteiger partial charge on any atom is 0.402 e. The monoisotopic (exact) mass is 300 g/mol. The molecule has 1 rings (SSSR count). The second-order valence-corrected chi connectivity index (χ2v) is 4.26. The predicted octanol–water partition coefficient (Wildman–Crippen LogP) is 3.40. The standard InChI is InChI=1S/C15H15F3O3/c1-2-21-14(20)13(15(16,17)18)10-12(19)9-8-11-6-4-3-5-7-11/h3-9,13H,2,10H2,1H3/b9-8+. The van der Waals surface area contributed by atoms with Crippen LogP contribution in [0.3, 0.4) is 0 Å². The van der Waals surface area contributed by atoms with Crippen molar-refractivity contribution in [3.63, 3.8) is 0 Å². The maximum atomic E-state index is 12.7. The lowest BCUT2D eigenvalue weighted by atomic mass is 10.0. The van der Waals surface area contributed by atoms with Crippen molar-refractivity contribution >= 4 is 17.8 Å². The molecule has 0 radical (unpaired) electrons. The number of hydrogen-bond acceptors (Lipinski definition) is 3. The van der Waals surface area contributed by atoms with Gasteiger partial charge < -0.3 is 4.74 Å². The third-order valence-corrected chi connectivity index (χ3v) is 2.63. The number of rotatable bonds is 6. The SMILES string of the molecule is CCOC(=O)C(CC(=O)/C=C/c1ccccc1)C(F)(F)F. The largest absolute Gasteiger partial charge is 0.466 e. The van der Waals surface area contributed by atoms with Crippen LogP contribution in [-0.2, 0) is 14.3 Å². The second-order valence-electron chi connectivity index (χ2n) is 4.26. The first-order valence-corrected chi connectivity index (χ1v) is 6.34. The van der Waals surface area contributed by atoms with Crippen LogP contribution in [0, 0.1) is 5.92 Å². The molecule has 0 spiro atoms. The van der Waals surface area contributed by atoms with Gasteiger partial charge in [-0.15, -0.1) is 0 Å². The van der Waals surface area contributed by atoms with Gasteiger partial charge in [0.2, 0.25) is 0 Å². The van der Waals surface area contributed by atoms with E-state index in [4.69, 9.17) is 0 Å². The summed E-state index contributed by atoms with van der Waals surface area (Å²) < 4.78 is 42.6. The third kappa shape index (κ3) is 5.81. The van der Waals surface area contributed by atoms with Crippen molar-refractivity contribution in [2.24, 2.45) is 5.92 Å². The maximum absolute atomic E-state index is 12.7. The fourth-order valence-corrected chi connectivity index (χ4v) is 1.60. The predicted molar refractivity (Wildman–Crippen MR) is 71.3 cm³/mol. The minimum Gasteiger partial charge on any atom is -0.466 e. The van der Waals surface area contributed by atoms with Crippen LogP contribution in [-0.4, -0.2) is 24.5 Å². The highest BCUT2D eigenvalue weighted by atomic mass is 19.4. The molecule has 0 aliphatic rings. The Hall–Kier alpha value is -2.11. The van der Waals surface area contributed by atoms with Gasteiger partial charge in [0.15, 0.2) is 11.7 Å². The Morgan fingerprint density at radius 1 is 1.24 bits per heavy atom. The van der Waals surface area contributed by atoms with Gasteiger partial charge in [0.25, 0.3) is 0 Å². The Balaban J connectivity index is 2.73. The number of esters is 1. The van der Waals surface area contributed by atoms with Crippen LogP contribution in [0.25, 0.3) is 6.08 Å². The lowest BCUT2D eigenvalue weighted by molar-refractivity contribution is -0.198. The average Bonchev–Trinajstić information content (AvgIpc) is 2.42. The van der Waals surface area contributed by atoms with Gasteiger partial charge in [-0.3, -0.25) is 9.59 Å². The van der Waals surface area contributed by atoms with Crippen molar-refractivity contribution in [1.29, 1.82) is 0 Å². The van der Waals surface area contributed by atoms with E-state index in [1.54, 1.807) is 30.3 Å². The minimum atomic E-state index is -4.80. The molecule has 0 saturated heterocycles. The van der Waals surface area contributed by atoms with Crippen molar-refractivity contribution < 1.29 is 27.5 Å². The summed E-state index contributed by atoms with van der Waals surface area (Å²) >= 11 is 0. The summed E-state index contributed by atoms with van der Waals surface area (Å²) in [5.41, 5.74) is 0.686. The van der Waals surface area contributed by atoms with E-state index >= 15 is 0 Å². The Kier molecular flexibility index (Phi) is 6.14. The molecule has 0 aromatic heterocycles. The number of halogens is 3. The molecule has 1 unspecified atom stereocenters. The van der Waals surface area contributed by atoms with Crippen molar-refractivity contribution in [2.75, 3.05) is 6.61 Å². The average molecular weight is 300 g/mol. The zero-order chi connectivity index (χ0) is 15.9. The van der Waals surface area contributed by atoms with Crippen molar-refractivity contribution in [2.45, 2.75) is 19.5 Å². The normalized spacial score (nSPS) is 13.1. The first-order chi connectivity index (χ1) is 9.84. The van der Waals surface area contributed by atoms with Gasteiger partial charge in [-0.1, -0.05) is 36.4 Å². The molecule has 0 aliphatic carbocycles. The van der Waals surface area contributed by atoms with Crippen LogP contribution in [0.4, 0.5) is 13.2 Å². The van der Waals surface area contributed by atoms with Gasteiger partial charge in [0.05, 0.1) is 6.61 Å². The van der Waals surface area contributed by atoms with E-state index in [1.807, 2.05) is 0 Å². The Labute approximate surface area is 120 Å². The molecule has 0 bridgehead atoms. The molecule has 0 amide bonds. The van der Waals surface area contributed by atoms with Crippen LogP contribution in [0.15, 0.2) is 36.4 Å². The zero-order valence-corrected chi connectivity index (χ0v) is 11.4. The number of carbonyl (C=O) groups excluding carboxylic acids is 2. The van der Waals surface area contributed by atoms with Crippen molar-refractivity contribution in [1.82, 2.24) is 0 Å². The lowest BCUT2D eigenvalue weighted by Crippen LogP contribution is -2.33. The Bertz CT molecular complexity index is 507. The van der Waals surface area contributed by atoms with Gasteiger partial charge in [0, 0.05) is 6.42 Å². The molecule has 0 heterocycles. The summed E-state index contributed by atoms with van der Waals surface area (Å²) in [6, 6.07) is 8.66. The lowest BCUT2D eigenvalue weighted by Gasteiger charge is -2.17. The van der Waals surface area contributed by atoms with E-state index in [9.17, 15) is 22.8 Å². The molecule has 6 heteroatoms. The van der Waals surface area contributed by atoms with E-state index < -0.39 is 30.3 Å². The molecule has 3 nitrogen and oxygen atoms in total. The quantitative estimate of drug-likeness (QED) is 0.597.